The van der Waals surface area contributed by atoms with E-state index in [1.54, 1.807) is 36.4 Å². The number of carbonyl (C=O) groups is 1. The van der Waals surface area contributed by atoms with Crippen LogP contribution < -0.4 is 19.5 Å². The molecule has 0 unspecified atom stereocenters. The fourth-order valence-electron chi connectivity index (χ4n) is 2.85. The predicted octanol–water partition coefficient (Wildman–Crippen LogP) is 4.41. The van der Waals surface area contributed by atoms with Gasteiger partial charge < -0.3 is 14.8 Å². The van der Waals surface area contributed by atoms with Crippen LogP contribution in [-0.4, -0.2) is 28.0 Å². The molecule has 0 saturated carbocycles. The third kappa shape index (κ3) is 6.38. The summed E-state index contributed by atoms with van der Waals surface area (Å²) >= 11 is 5.88. The minimum absolute atomic E-state index is 0.0708. The first-order valence-electron chi connectivity index (χ1n) is 9.71. The van der Waals surface area contributed by atoms with E-state index in [0.29, 0.717) is 22.2 Å². The molecule has 32 heavy (non-hydrogen) atoms. The fraction of sp³-hybridized carbons (Fsp3) is 0.174. The summed E-state index contributed by atoms with van der Waals surface area (Å²) in [6.07, 6.45) is 0. The number of hydrogen-bond acceptors (Lipinski definition) is 5. The van der Waals surface area contributed by atoms with Gasteiger partial charge in [-0.2, -0.15) is 0 Å². The number of benzene rings is 3. The molecule has 0 bridgehead atoms. The third-order valence-electron chi connectivity index (χ3n) is 4.59. The summed E-state index contributed by atoms with van der Waals surface area (Å²) in [5.74, 6) is 0.703. The van der Waals surface area contributed by atoms with Crippen LogP contribution in [-0.2, 0) is 14.8 Å². The van der Waals surface area contributed by atoms with Gasteiger partial charge in [-0.05, 0) is 73.2 Å². The fourth-order valence-corrected chi connectivity index (χ4v) is 4.04. The summed E-state index contributed by atoms with van der Waals surface area (Å²) in [4.78, 5) is 12.2. The SMILES string of the molecule is COc1ccc(NS(=O)(=O)c2ccc(OCC(=O)N[C@H](C)c3ccc(Cl)cc3)cc2)cc1. The van der Waals surface area contributed by atoms with Crippen molar-refractivity contribution in [3.8, 4) is 11.5 Å². The van der Waals surface area contributed by atoms with Crippen molar-refractivity contribution in [1.29, 1.82) is 0 Å². The Kier molecular flexibility index (Phi) is 7.61. The van der Waals surface area contributed by atoms with Crippen LogP contribution in [0.5, 0.6) is 11.5 Å². The van der Waals surface area contributed by atoms with Crippen LogP contribution in [0, 0.1) is 0 Å². The van der Waals surface area contributed by atoms with Crippen molar-refractivity contribution in [3.05, 3.63) is 83.4 Å². The van der Waals surface area contributed by atoms with Crippen LogP contribution in [0.4, 0.5) is 5.69 Å². The van der Waals surface area contributed by atoms with E-state index >= 15 is 0 Å². The topological polar surface area (TPSA) is 93.7 Å². The molecule has 1 atom stereocenters. The van der Waals surface area contributed by atoms with Gasteiger partial charge in [0.15, 0.2) is 6.61 Å². The van der Waals surface area contributed by atoms with Gasteiger partial charge in [0.25, 0.3) is 15.9 Å². The van der Waals surface area contributed by atoms with Gasteiger partial charge in [-0.15, -0.1) is 0 Å². The number of nitrogens with one attached hydrogen (secondary N) is 2. The van der Waals surface area contributed by atoms with Crippen LogP contribution in [0.25, 0.3) is 0 Å². The van der Waals surface area contributed by atoms with Gasteiger partial charge >= 0.3 is 0 Å². The quantitative estimate of drug-likeness (QED) is 0.479. The van der Waals surface area contributed by atoms with Gasteiger partial charge in [0, 0.05) is 10.7 Å². The Morgan fingerprint density at radius 1 is 0.938 bits per heavy atom. The summed E-state index contributed by atoms with van der Waals surface area (Å²) in [6.45, 7) is 1.66. The van der Waals surface area contributed by atoms with Gasteiger partial charge in [0.1, 0.15) is 11.5 Å². The molecule has 0 aliphatic heterocycles. The number of amides is 1. The van der Waals surface area contributed by atoms with Crippen LogP contribution in [0.1, 0.15) is 18.5 Å². The van der Waals surface area contributed by atoms with E-state index in [4.69, 9.17) is 21.1 Å². The highest BCUT2D eigenvalue weighted by atomic mass is 35.5. The van der Waals surface area contributed by atoms with Crippen LogP contribution >= 0.6 is 11.6 Å². The lowest BCUT2D eigenvalue weighted by Gasteiger charge is -2.15. The first kappa shape index (κ1) is 23.4. The van der Waals surface area contributed by atoms with Crippen molar-refractivity contribution in [2.24, 2.45) is 0 Å². The van der Waals surface area contributed by atoms with Gasteiger partial charge in [-0.1, -0.05) is 23.7 Å². The van der Waals surface area contributed by atoms with Gasteiger partial charge in [0.2, 0.25) is 0 Å². The Balaban J connectivity index is 1.54. The lowest BCUT2D eigenvalue weighted by Crippen LogP contribution is -2.31. The highest BCUT2D eigenvalue weighted by molar-refractivity contribution is 7.92. The van der Waals surface area contributed by atoms with Crippen LogP contribution in [0.15, 0.2) is 77.7 Å². The maximum Gasteiger partial charge on any atom is 0.261 e. The van der Waals surface area contributed by atoms with Gasteiger partial charge in [-0.3, -0.25) is 9.52 Å². The van der Waals surface area contributed by atoms with E-state index in [0.717, 1.165) is 5.56 Å². The molecule has 0 aliphatic carbocycles. The summed E-state index contributed by atoms with van der Waals surface area (Å²) in [5, 5.41) is 3.46. The molecule has 0 spiro atoms. The van der Waals surface area contributed by atoms with E-state index < -0.39 is 10.0 Å². The second kappa shape index (κ2) is 10.4. The van der Waals surface area contributed by atoms with Crippen molar-refractivity contribution < 1.29 is 22.7 Å². The zero-order chi connectivity index (χ0) is 23.1. The molecule has 2 N–H and O–H groups in total. The van der Waals surface area contributed by atoms with Crippen molar-refractivity contribution in [1.82, 2.24) is 5.32 Å². The van der Waals surface area contributed by atoms with Gasteiger partial charge in [0.05, 0.1) is 18.0 Å². The first-order chi connectivity index (χ1) is 15.3. The first-order valence-corrected chi connectivity index (χ1v) is 11.6. The predicted molar refractivity (Wildman–Crippen MR) is 124 cm³/mol. The Hall–Kier alpha value is -3.23. The number of carbonyl (C=O) groups excluding carboxylic acids is 1. The summed E-state index contributed by atoms with van der Waals surface area (Å²) < 4.78 is 38.1. The lowest BCUT2D eigenvalue weighted by molar-refractivity contribution is -0.123. The molecule has 0 aromatic heterocycles. The molecule has 0 fully saturated rings. The Labute approximate surface area is 192 Å². The number of sulfonamides is 1. The molecule has 7 nitrogen and oxygen atoms in total. The van der Waals surface area contributed by atoms with E-state index in [1.807, 2.05) is 19.1 Å². The second-order valence-corrected chi connectivity index (χ2v) is 9.05. The summed E-state index contributed by atoms with van der Waals surface area (Å²) in [7, 11) is -2.23. The van der Waals surface area contributed by atoms with E-state index in [-0.39, 0.29) is 23.5 Å². The molecule has 3 aromatic carbocycles. The summed E-state index contributed by atoms with van der Waals surface area (Å²) in [6, 6.07) is 19.4. The molecule has 1 amide bonds. The molecule has 3 rings (SSSR count). The highest BCUT2D eigenvalue weighted by Crippen LogP contribution is 2.21. The summed E-state index contributed by atoms with van der Waals surface area (Å²) in [5.41, 5.74) is 1.33. The lowest BCUT2D eigenvalue weighted by atomic mass is 10.1. The van der Waals surface area contributed by atoms with Crippen molar-refractivity contribution in [3.63, 3.8) is 0 Å². The van der Waals surface area contributed by atoms with Crippen LogP contribution in [0.3, 0.4) is 0 Å². The number of halogens is 1. The average Bonchev–Trinajstić information content (AvgIpc) is 2.78. The van der Waals surface area contributed by atoms with E-state index in [1.165, 1.54) is 31.4 Å². The van der Waals surface area contributed by atoms with Crippen LogP contribution in [0.2, 0.25) is 5.02 Å². The van der Waals surface area contributed by atoms with Crippen molar-refractivity contribution in [2.75, 3.05) is 18.4 Å². The average molecular weight is 475 g/mol. The van der Waals surface area contributed by atoms with E-state index in [2.05, 4.69) is 10.0 Å². The molecule has 9 heteroatoms. The van der Waals surface area contributed by atoms with Crippen molar-refractivity contribution in [2.45, 2.75) is 17.9 Å². The molecule has 0 aliphatic rings. The zero-order valence-electron chi connectivity index (χ0n) is 17.5. The second-order valence-electron chi connectivity index (χ2n) is 6.93. The molecular formula is C23H23ClN2O5S. The number of ether oxygens (including phenoxy) is 2. The molecule has 0 heterocycles. The maximum absolute atomic E-state index is 12.6. The number of hydrogen-bond donors (Lipinski definition) is 2. The third-order valence-corrected chi connectivity index (χ3v) is 6.24. The zero-order valence-corrected chi connectivity index (χ0v) is 19.1. The number of rotatable bonds is 9. The Morgan fingerprint density at radius 3 is 2.12 bits per heavy atom. The number of anilines is 1. The molecular weight excluding hydrogens is 452 g/mol. The largest absolute Gasteiger partial charge is 0.497 e. The highest BCUT2D eigenvalue weighted by Gasteiger charge is 2.15. The number of methoxy groups -OCH3 is 1. The normalized spacial score (nSPS) is 12.0. The maximum atomic E-state index is 12.6. The minimum Gasteiger partial charge on any atom is -0.497 e. The Bertz CT molecular complexity index is 1150. The van der Waals surface area contributed by atoms with Gasteiger partial charge in [-0.25, -0.2) is 8.42 Å². The molecule has 168 valence electrons. The molecule has 0 saturated heterocycles. The smallest absolute Gasteiger partial charge is 0.261 e. The van der Waals surface area contributed by atoms with E-state index in [9.17, 15) is 13.2 Å². The Morgan fingerprint density at radius 2 is 1.53 bits per heavy atom. The minimum atomic E-state index is -3.77. The molecule has 0 radical (unpaired) electrons. The molecule has 3 aromatic rings. The monoisotopic (exact) mass is 474 g/mol. The van der Waals surface area contributed by atoms with Crippen molar-refractivity contribution >= 4 is 33.2 Å². The standard InChI is InChI=1S/C23H23ClN2O5S/c1-16(17-3-5-18(24)6-4-17)25-23(27)15-31-21-11-13-22(14-12-21)32(28,29)26-19-7-9-20(30-2)10-8-19/h3-14,16,26H,15H2,1-2H3,(H,25,27)/t16-/m1/s1.